The van der Waals surface area contributed by atoms with E-state index in [-0.39, 0.29) is 31.2 Å². The lowest BCUT2D eigenvalue weighted by Crippen LogP contribution is -2.59. The fourth-order valence-corrected chi connectivity index (χ4v) is 10.3. The van der Waals surface area contributed by atoms with Crippen molar-refractivity contribution in [2.24, 2.45) is 17.8 Å². The van der Waals surface area contributed by atoms with Gasteiger partial charge < -0.3 is 34.8 Å². The number of hydrogen-bond acceptors (Lipinski definition) is 11. The van der Waals surface area contributed by atoms with Crippen molar-refractivity contribution in [1.82, 2.24) is 25.2 Å². The summed E-state index contributed by atoms with van der Waals surface area (Å²) < 4.78 is 40.9. The van der Waals surface area contributed by atoms with Gasteiger partial charge in [-0.3, -0.25) is 23.9 Å². The number of likely N-dealkylation sites (N-methyl/N-ethyl adjacent to an activating group) is 1. The molecule has 4 heterocycles. The molecule has 3 aliphatic heterocycles. The number of benzene rings is 2. The lowest BCUT2D eigenvalue weighted by Gasteiger charge is -2.33. The van der Waals surface area contributed by atoms with Crippen LogP contribution in [0.4, 0.5) is 11.4 Å². The van der Waals surface area contributed by atoms with Gasteiger partial charge in [-0.1, -0.05) is 26.0 Å². The Balaban J connectivity index is 1.13. The van der Waals surface area contributed by atoms with Crippen molar-refractivity contribution in [3.63, 3.8) is 0 Å². The van der Waals surface area contributed by atoms with E-state index in [2.05, 4.69) is 32.2 Å². The number of carbonyl (C=O) groups is 4. The van der Waals surface area contributed by atoms with Crippen molar-refractivity contribution in [3.8, 4) is 11.6 Å². The highest BCUT2D eigenvalue weighted by Gasteiger charge is 2.62. The molecule has 0 radical (unpaired) electrons. The average molecular weight is 842 g/mol. The van der Waals surface area contributed by atoms with E-state index < -0.39 is 68.5 Å². The molecular weight excluding hydrogens is 787 g/mol. The van der Waals surface area contributed by atoms with Crippen molar-refractivity contribution >= 4 is 55.8 Å². The van der Waals surface area contributed by atoms with Crippen LogP contribution in [0.3, 0.4) is 0 Å². The summed E-state index contributed by atoms with van der Waals surface area (Å²) in [6, 6.07) is 10.7. The van der Waals surface area contributed by atoms with Gasteiger partial charge in [-0.25, -0.2) is 13.4 Å². The molecule has 15 nitrogen and oxygen atoms in total. The Hall–Kier alpha value is -5.38. The zero-order valence-corrected chi connectivity index (χ0v) is 35.7. The summed E-state index contributed by atoms with van der Waals surface area (Å²) in [4.78, 5) is 67.6. The normalized spacial score (nSPS) is 28.2. The third-order valence-electron chi connectivity index (χ3n) is 12.8. The fraction of sp³-hybridized carbons (Fsp3) is 0.523. The summed E-state index contributed by atoms with van der Waals surface area (Å²) in [6.07, 6.45) is 8.08. The van der Waals surface area contributed by atoms with Crippen LogP contribution in [0.1, 0.15) is 69.2 Å². The van der Waals surface area contributed by atoms with Gasteiger partial charge in [0.15, 0.2) is 5.75 Å². The molecule has 2 aromatic carbocycles. The topological polar surface area (TPSA) is 180 Å². The van der Waals surface area contributed by atoms with E-state index in [1.807, 2.05) is 75.5 Å². The van der Waals surface area contributed by atoms with Crippen LogP contribution in [0, 0.1) is 17.8 Å². The van der Waals surface area contributed by atoms with Gasteiger partial charge in [-0.2, -0.15) is 0 Å². The molecule has 3 aromatic rings. The molecule has 2 aliphatic carbocycles. The van der Waals surface area contributed by atoms with Gasteiger partial charge >= 0.3 is 0 Å². The molecule has 2 saturated carbocycles. The van der Waals surface area contributed by atoms with Crippen molar-refractivity contribution in [1.29, 1.82) is 0 Å². The fourth-order valence-electron chi connectivity index (χ4n) is 8.93. The number of carbonyl (C=O) groups excluding carboxylic acids is 4. The molecule has 0 spiro atoms. The van der Waals surface area contributed by atoms with Crippen molar-refractivity contribution in [2.75, 3.05) is 50.6 Å². The van der Waals surface area contributed by atoms with Crippen LogP contribution >= 0.6 is 0 Å². The minimum absolute atomic E-state index is 0.00999. The number of hydrogen-bond donors (Lipinski definition) is 3. The molecule has 0 unspecified atom stereocenters. The Kier molecular flexibility index (Phi) is 11.2. The molecule has 1 saturated heterocycles. The summed E-state index contributed by atoms with van der Waals surface area (Å²) in [7, 11) is 1.92. The zero-order valence-electron chi connectivity index (χ0n) is 34.8. The van der Waals surface area contributed by atoms with E-state index >= 15 is 4.79 Å². The Morgan fingerprint density at radius 3 is 2.52 bits per heavy atom. The van der Waals surface area contributed by atoms with Crippen molar-refractivity contribution < 1.29 is 37.1 Å². The lowest BCUT2D eigenvalue weighted by molar-refractivity contribution is -0.142. The van der Waals surface area contributed by atoms with E-state index in [0.717, 1.165) is 35.5 Å². The molecule has 3 fully saturated rings. The second-order valence-corrected chi connectivity index (χ2v) is 19.5. The molecule has 320 valence electrons. The van der Waals surface area contributed by atoms with Crippen LogP contribution in [0.25, 0.3) is 10.8 Å². The van der Waals surface area contributed by atoms with Gasteiger partial charge in [0.1, 0.15) is 30.3 Å². The zero-order chi connectivity index (χ0) is 42.5. The SMILES string of the molecule is C[C@@H]1CCC=C[C@@H]2C[C@@]2(C(=O)NS(=O)(=O)C2CC2)NC(=O)[C@@H]2C[C@@H](Oc3nccc4c5c(ccc34)N(C)CCO5)CN2C(=O)[C@@H](NC(=O)c2ccc(N(C)C)cc2)[C@H](C)C1. The maximum atomic E-state index is 15.1. The van der Waals surface area contributed by atoms with E-state index in [1.54, 1.807) is 18.3 Å². The number of nitrogens with zero attached hydrogens (tertiary/aromatic N) is 4. The second kappa shape index (κ2) is 16.2. The highest BCUT2D eigenvalue weighted by molar-refractivity contribution is 7.91. The lowest BCUT2D eigenvalue weighted by atomic mass is 9.87. The summed E-state index contributed by atoms with van der Waals surface area (Å²) >= 11 is 0. The largest absolute Gasteiger partial charge is 0.489 e. The molecule has 3 N–H and O–H groups in total. The van der Waals surface area contributed by atoms with Gasteiger partial charge in [0.2, 0.25) is 27.7 Å². The van der Waals surface area contributed by atoms with Gasteiger partial charge in [0.05, 0.1) is 24.0 Å². The first-order valence-electron chi connectivity index (χ1n) is 21.0. The summed E-state index contributed by atoms with van der Waals surface area (Å²) in [6.45, 7) is 5.31. The number of aromatic nitrogens is 1. The minimum atomic E-state index is -3.91. The Bertz CT molecular complexity index is 2320. The first-order valence-corrected chi connectivity index (χ1v) is 22.6. The molecule has 5 aliphatic rings. The number of amides is 4. The van der Waals surface area contributed by atoms with E-state index in [9.17, 15) is 22.8 Å². The predicted octanol–water partition coefficient (Wildman–Crippen LogP) is 3.77. The Morgan fingerprint density at radius 2 is 1.78 bits per heavy atom. The standard InChI is InChI=1S/C44H55N7O8S/c1-26-8-6-7-9-29-24-44(29,43(55)48-60(56,57)32-14-15-32)47-40(53)36-23-31(59-41-34-16-17-35-38(33(34)18-19-45-41)58-21-20-50(35)5)25-51(36)42(54)37(27(2)22-26)46-39(52)28-10-12-30(13-11-28)49(3)4/h7,9-13,16-19,26-27,29,31-32,36-37H,6,8,14-15,20-25H2,1-5H3,(H,46,52)(H,47,53)(H,48,55)/t26-,27-,29-,31-,36+,37+,44-/m1/s1. The third kappa shape index (κ3) is 8.22. The van der Waals surface area contributed by atoms with Crippen LogP contribution in [0.2, 0.25) is 0 Å². The first-order chi connectivity index (χ1) is 28.6. The monoisotopic (exact) mass is 841 g/mol. The number of nitrogens with one attached hydrogen (secondary N) is 3. The molecule has 1 aromatic heterocycles. The van der Waals surface area contributed by atoms with E-state index in [4.69, 9.17) is 9.47 Å². The van der Waals surface area contributed by atoms with Crippen LogP contribution in [0.15, 0.2) is 60.8 Å². The Morgan fingerprint density at radius 1 is 1.02 bits per heavy atom. The smallest absolute Gasteiger partial charge is 0.259 e. The summed E-state index contributed by atoms with van der Waals surface area (Å²) in [5.41, 5.74) is 0.735. The molecule has 8 rings (SSSR count). The molecule has 4 amide bonds. The number of allylic oxidation sites excluding steroid dienone is 1. The van der Waals surface area contributed by atoms with Crippen LogP contribution in [-0.4, -0.2) is 112 Å². The van der Waals surface area contributed by atoms with Crippen LogP contribution < -0.4 is 34.6 Å². The maximum Gasteiger partial charge on any atom is 0.259 e. The number of ether oxygens (including phenoxy) is 2. The van der Waals surface area contributed by atoms with Gasteiger partial charge in [0, 0.05) is 61.7 Å². The maximum absolute atomic E-state index is 15.1. The van der Waals surface area contributed by atoms with Gasteiger partial charge in [-0.15, -0.1) is 0 Å². The third-order valence-corrected chi connectivity index (χ3v) is 14.6. The molecular formula is C44H55N7O8S. The second-order valence-electron chi connectivity index (χ2n) is 17.5. The van der Waals surface area contributed by atoms with Gasteiger partial charge in [0.25, 0.3) is 11.8 Å². The number of sulfonamides is 1. The van der Waals surface area contributed by atoms with Crippen molar-refractivity contribution in [2.45, 2.75) is 87.8 Å². The quantitative estimate of drug-likeness (QED) is 0.281. The first kappa shape index (κ1) is 41.4. The number of rotatable bonds is 8. The number of fused-ring (bicyclic) bond motifs is 5. The molecule has 7 atom stereocenters. The molecule has 60 heavy (non-hydrogen) atoms. The predicted molar refractivity (Wildman–Crippen MR) is 227 cm³/mol. The minimum Gasteiger partial charge on any atom is -0.489 e. The number of pyridine rings is 1. The molecule has 16 heteroatoms. The summed E-state index contributed by atoms with van der Waals surface area (Å²) in [5.74, 6) is -1.83. The van der Waals surface area contributed by atoms with E-state index in [0.29, 0.717) is 49.1 Å². The van der Waals surface area contributed by atoms with Crippen molar-refractivity contribution in [3.05, 3.63) is 66.4 Å². The molecule has 0 bridgehead atoms. The Labute approximate surface area is 351 Å². The highest BCUT2D eigenvalue weighted by Crippen LogP contribution is 2.46. The van der Waals surface area contributed by atoms with Crippen LogP contribution in [0.5, 0.6) is 11.6 Å². The highest BCUT2D eigenvalue weighted by atomic mass is 32.2. The van der Waals surface area contributed by atoms with Crippen LogP contribution in [-0.2, 0) is 24.4 Å². The van der Waals surface area contributed by atoms with Gasteiger partial charge in [-0.05, 0) is 92.8 Å². The average Bonchev–Trinajstić information content (AvgIpc) is 4.15. The van der Waals surface area contributed by atoms with E-state index in [1.165, 1.54) is 4.90 Å². The number of anilines is 2. The summed E-state index contributed by atoms with van der Waals surface area (Å²) in [5, 5.41) is 6.87.